The SMILES string of the molecule is Cc1ccc(/C=C/S(=O)(=O)Nc2ccccc2Sc2nccn2C)cc1. The molecule has 0 aliphatic carbocycles. The molecule has 0 radical (unpaired) electrons. The average molecular weight is 386 g/mol. The maximum atomic E-state index is 12.4. The summed E-state index contributed by atoms with van der Waals surface area (Å²) in [5.74, 6) is 0. The van der Waals surface area contributed by atoms with Crippen LogP contribution in [0.25, 0.3) is 6.08 Å². The van der Waals surface area contributed by atoms with Crippen molar-refractivity contribution in [2.24, 2.45) is 7.05 Å². The second-order valence-corrected chi connectivity index (χ2v) is 8.35. The zero-order valence-electron chi connectivity index (χ0n) is 14.5. The Morgan fingerprint density at radius 1 is 1.12 bits per heavy atom. The minimum Gasteiger partial charge on any atom is -0.329 e. The van der Waals surface area contributed by atoms with E-state index in [1.165, 1.54) is 17.2 Å². The van der Waals surface area contributed by atoms with Crippen molar-refractivity contribution in [3.8, 4) is 0 Å². The highest BCUT2D eigenvalue weighted by Crippen LogP contribution is 2.32. The van der Waals surface area contributed by atoms with E-state index in [0.717, 1.165) is 21.2 Å². The molecule has 0 unspecified atom stereocenters. The largest absolute Gasteiger partial charge is 0.329 e. The number of hydrogen-bond acceptors (Lipinski definition) is 4. The monoisotopic (exact) mass is 385 g/mol. The number of imidazole rings is 1. The molecule has 3 aromatic rings. The van der Waals surface area contributed by atoms with Gasteiger partial charge in [-0.3, -0.25) is 4.72 Å². The Kier molecular flexibility index (Phi) is 5.49. The second-order valence-electron chi connectivity index (χ2n) is 5.78. The standard InChI is InChI=1S/C19H19N3O2S2/c1-15-7-9-16(10-8-15)11-14-26(23,24)21-17-5-3-4-6-18(17)25-19-20-12-13-22(19)2/h3-14,21H,1-2H3/b14-11+. The van der Waals surface area contributed by atoms with E-state index in [-0.39, 0.29) is 0 Å². The summed E-state index contributed by atoms with van der Waals surface area (Å²) in [6.45, 7) is 1.99. The minimum atomic E-state index is -3.63. The van der Waals surface area contributed by atoms with Crippen LogP contribution in [0.2, 0.25) is 0 Å². The Labute approximate surface area is 157 Å². The highest BCUT2D eigenvalue weighted by Gasteiger charge is 2.12. The predicted molar refractivity (Wildman–Crippen MR) is 107 cm³/mol. The number of nitrogens with one attached hydrogen (secondary N) is 1. The first-order valence-corrected chi connectivity index (χ1v) is 10.3. The topological polar surface area (TPSA) is 64.0 Å². The van der Waals surface area contributed by atoms with E-state index >= 15 is 0 Å². The number of nitrogens with zero attached hydrogens (tertiary/aromatic N) is 2. The van der Waals surface area contributed by atoms with E-state index < -0.39 is 10.0 Å². The van der Waals surface area contributed by atoms with Gasteiger partial charge in [0.15, 0.2) is 5.16 Å². The quantitative estimate of drug-likeness (QED) is 0.687. The van der Waals surface area contributed by atoms with Crippen molar-refractivity contribution in [3.63, 3.8) is 0 Å². The van der Waals surface area contributed by atoms with Gasteiger partial charge in [-0.25, -0.2) is 13.4 Å². The van der Waals surface area contributed by atoms with Gasteiger partial charge in [0.1, 0.15) is 0 Å². The maximum Gasteiger partial charge on any atom is 0.255 e. The van der Waals surface area contributed by atoms with Gasteiger partial charge in [0.05, 0.1) is 11.1 Å². The highest BCUT2D eigenvalue weighted by molar-refractivity contribution is 7.99. The third-order valence-corrected chi connectivity index (χ3v) is 5.79. The molecule has 7 heteroatoms. The lowest BCUT2D eigenvalue weighted by Crippen LogP contribution is -2.09. The lowest BCUT2D eigenvalue weighted by molar-refractivity contribution is 0.609. The summed E-state index contributed by atoms with van der Waals surface area (Å²) in [5.41, 5.74) is 2.48. The highest BCUT2D eigenvalue weighted by atomic mass is 32.2. The van der Waals surface area contributed by atoms with Crippen LogP contribution >= 0.6 is 11.8 Å². The van der Waals surface area contributed by atoms with Crippen LogP contribution < -0.4 is 4.72 Å². The number of rotatable bonds is 6. The number of aryl methyl sites for hydroxylation is 2. The lowest BCUT2D eigenvalue weighted by atomic mass is 10.2. The molecule has 0 saturated carbocycles. The van der Waals surface area contributed by atoms with E-state index in [4.69, 9.17) is 0 Å². The molecule has 0 atom stereocenters. The van der Waals surface area contributed by atoms with Crippen LogP contribution in [0.4, 0.5) is 5.69 Å². The Morgan fingerprint density at radius 3 is 2.54 bits per heavy atom. The molecule has 3 rings (SSSR count). The van der Waals surface area contributed by atoms with Crippen molar-refractivity contribution < 1.29 is 8.42 Å². The summed E-state index contributed by atoms with van der Waals surface area (Å²) in [7, 11) is -1.73. The molecule has 0 spiro atoms. The van der Waals surface area contributed by atoms with Gasteiger partial charge in [0, 0.05) is 24.3 Å². The van der Waals surface area contributed by atoms with Crippen LogP contribution in [-0.2, 0) is 17.1 Å². The molecule has 0 amide bonds. The molecule has 0 saturated heterocycles. The van der Waals surface area contributed by atoms with Crippen LogP contribution in [0, 0.1) is 6.92 Å². The van der Waals surface area contributed by atoms with E-state index in [1.54, 1.807) is 24.4 Å². The van der Waals surface area contributed by atoms with Gasteiger partial charge < -0.3 is 4.57 Å². The van der Waals surface area contributed by atoms with Gasteiger partial charge in [0.2, 0.25) is 0 Å². The molecule has 0 aliphatic heterocycles. The molecule has 1 N–H and O–H groups in total. The van der Waals surface area contributed by atoms with Gasteiger partial charge in [0.25, 0.3) is 10.0 Å². The predicted octanol–water partition coefficient (Wildman–Crippen LogP) is 4.29. The molecule has 1 aromatic heterocycles. The van der Waals surface area contributed by atoms with Crippen LogP contribution in [0.5, 0.6) is 0 Å². The van der Waals surface area contributed by atoms with Crippen molar-refractivity contribution in [1.29, 1.82) is 0 Å². The first-order valence-electron chi connectivity index (χ1n) is 7.95. The van der Waals surface area contributed by atoms with Crippen molar-refractivity contribution in [2.45, 2.75) is 17.0 Å². The fourth-order valence-electron chi connectivity index (χ4n) is 2.22. The molecule has 2 aromatic carbocycles. The fraction of sp³-hybridized carbons (Fsp3) is 0.105. The molecule has 26 heavy (non-hydrogen) atoms. The number of hydrogen-bond donors (Lipinski definition) is 1. The Bertz CT molecular complexity index is 1020. The zero-order chi connectivity index (χ0) is 18.6. The average Bonchev–Trinajstić information content (AvgIpc) is 3.01. The minimum absolute atomic E-state index is 0.522. The van der Waals surface area contributed by atoms with Crippen LogP contribution in [0.3, 0.4) is 0 Å². The number of para-hydroxylation sites is 1. The van der Waals surface area contributed by atoms with Crippen molar-refractivity contribution in [2.75, 3.05) is 4.72 Å². The Morgan fingerprint density at radius 2 is 1.85 bits per heavy atom. The van der Waals surface area contributed by atoms with Gasteiger partial charge in [-0.15, -0.1) is 0 Å². The lowest BCUT2D eigenvalue weighted by Gasteiger charge is -2.10. The van der Waals surface area contributed by atoms with Crippen LogP contribution in [0.15, 0.2) is 76.4 Å². The molecular formula is C19H19N3O2S2. The van der Waals surface area contributed by atoms with E-state index in [2.05, 4.69) is 9.71 Å². The third kappa shape index (κ3) is 4.77. The summed E-state index contributed by atoms with van der Waals surface area (Å²) in [6.07, 6.45) is 5.13. The Balaban J connectivity index is 1.79. The maximum absolute atomic E-state index is 12.4. The molecule has 0 bridgehead atoms. The zero-order valence-corrected chi connectivity index (χ0v) is 16.1. The van der Waals surface area contributed by atoms with Gasteiger partial charge in [-0.2, -0.15) is 0 Å². The van der Waals surface area contributed by atoms with Gasteiger partial charge in [-0.05, 0) is 42.5 Å². The molecule has 1 heterocycles. The van der Waals surface area contributed by atoms with E-state index in [9.17, 15) is 8.42 Å². The third-order valence-electron chi connectivity index (χ3n) is 3.63. The molecule has 134 valence electrons. The molecule has 5 nitrogen and oxygen atoms in total. The van der Waals surface area contributed by atoms with Gasteiger partial charge in [-0.1, -0.05) is 42.0 Å². The normalized spacial score (nSPS) is 11.8. The van der Waals surface area contributed by atoms with Crippen molar-refractivity contribution in [1.82, 2.24) is 9.55 Å². The second kappa shape index (κ2) is 7.80. The van der Waals surface area contributed by atoms with E-state index in [0.29, 0.717) is 5.69 Å². The first kappa shape index (κ1) is 18.3. The van der Waals surface area contributed by atoms with Gasteiger partial charge >= 0.3 is 0 Å². The molecule has 0 fully saturated rings. The van der Waals surface area contributed by atoms with E-state index in [1.807, 2.05) is 61.1 Å². The first-order chi connectivity index (χ1) is 12.4. The summed E-state index contributed by atoms with van der Waals surface area (Å²) < 4.78 is 29.4. The number of anilines is 1. The Hall–Kier alpha value is -2.51. The summed E-state index contributed by atoms with van der Waals surface area (Å²) in [6, 6.07) is 14.9. The molecule has 0 aliphatic rings. The fourth-order valence-corrected chi connectivity index (χ4v) is 4.07. The smallest absolute Gasteiger partial charge is 0.255 e. The number of benzene rings is 2. The summed E-state index contributed by atoms with van der Waals surface area (Å²) >= 11 is 1.41. The van der Waals surface area contributed by atoms with Crippen LogP contribution in [-0.4, -0.2) is 18.0 Å². The van der Waals surface area contributed by atoms with Crippen molar-refractivity contribution >= 4 is 33.5 Å². The van der Waals surface area contributed by atoms with Crippen molar-refractivity contribution in [3.05, 3.63) is 77.5 Å². The number of aromatic nitrogens is 2. The van der Waals surface area contributed by atoms with Crippen LogP contribution in [0.1, 0.15) is 11.1 Å². The summed E-state index contributed by atoms with van der Waals surface area (Å²) in [4.78, 5) is 5.05. The molecular weight excluding hydrogens is 366 g/mol. The summed E-state index contributed by atoms with van der Waals surface area (Å²) in [5, 5.41) is 1.96. The number of sulfonamides is 1.